The summed E-state index contributed by atoms with van der Waals surface area (Å²) in [6, 6.07) is 12.4. The number of amides is 3. The van der Waals surface area contributed by atoms with Gasteiger partial charge in [0.1, 0.15) is 12.4 Å². The van der Waals surface area contributed by atoms with Crippen molar-refractivity contribution in [1.29, 1.82) is 0 Å². The molecule has 2 aromatic rings. The van der Waals surface area contributed by atoms with Crippen molar-refractivity contribution in [3.63, 3.8) is 0 Å². The highest BCUT2D eigenvalue weighted by Crippen LogP contribution is 2.25. The second kappa shape index (κ2) is 9.84. The lowest BCUT2D eigenvalue weighted by Crippen LogP contribution is -2.39. The van der Waals surface area contributed by atoms with Crippen LogP contribution in [0.2, 0.25) is 0 Å². The number of hydrogen-bond acceptors (Lipinski definition) is 5. The fraction of sp³-hybridized carbons (Fsp3) is 0.440. The first kappa shape index (κ1) is 24.3. The highest BCUT2D eigenvalue weighted by atomic mass is 32.2. The number of carbonyl (C=O) groups is 2. The second-order valence-electron chi connectivity index (χ2n) is 9.47. The summed E-state index contributed by atoms with van der Waals surface area (Å²) in [5.41, 5.74) is 3.22. The highest BCUT2D eigenvalue weighted by molar-refractivity contribution is 7.91. The molecule has 9 heteroatoms. The second-order valence-corrected chi connectivity index (χ2v) is 11.8. The van der Waals surface area contributed by atoms with Gasteiger partial charge in [-0.3, -0.25) is 14.6 Å². The first-order valence-corrected chi connectivity index (χ1v) is 13.3. The highest BCUT2D eigenvalue weighted by Gasteiger charge is 2.35. The summed E-state index contributed by atoms with van der Waals surface area (Å²) in [6.07, 6.45) is 0. The molecule has 2 aliphatic heterocycles. The summed E-state index contributed by atoms with van der Waals surface area (Å²) in [5, 5.41) is 0. The topological polar surface area (TPSA) is 78.0 Å². The zero-order valence-corrected chi connectivity index (χ0v) is 20.4. The van der Waals surface area contributed by atoms with E-state index >= 15 is 0 Å². The van der Waals surface area contributed by atoms with Crippen LogP contribution in [0.4, 0.5) is 9.18 Å². The van der Waals surface area contributed by atoms with Crippen LogP contribution in [0, 0.1) is 11.7 Å². The number of halogens is 1. The molecule has 0 saturated carbocycles. The predicted molar refractivity (Wildman–Crippen MR) is 128 cm³/mol. The van der Waals surface area contributed by atoms with Crippen LogP contribution in [0.15, 0.2) is 42.5 Å². The number of hydrogen-bond donors (Lipinski definition) is 0. The normalized spacial score (nSPS) is 18.8. The molecule has 0 N–H and O–H groups in total. The number of carbonyl (C=O) groups excluding carboxylic acids is 2. The Morgan fingerprint density at radius 2 is 1.59 bits per heavy atom. The molecule has 34 heavy (non-hydrogen) atoms. The molecule has 0 atom stereocenters. The molecule has 0 aromatic heterocycles. The fourth-order valence-electron chi connectivity index (χ4n) is 4.31. The Bertz CT molecular complexity index is 1170. The van der Waals surface area contributed by atoms with Crippen LogP contribution in [0.3, 0.4) is 0 Å². The minimum Gasteiger partial charge on any atom is -0.311 e. The quantitative estimate of drug-likeness (QED) is 0.561. The zero-order chi connectivity index (χ0) is 24.5. The van der Waals surface area contributed by atoms with Gasteiger partial charge in [0, 0.05) is 38.3 Å². The molecule has 0 unspecified atom stereocenters. The van der Waals surface area contributed by atoms with Crippen LogP contribution >= 0.6 is 0 Å². The van der Waals surface area contributed by atoms with Gasteiger partial charge in [-0.2, -0.15) is 0 Å². The first-order valence-electron chi connectivity index (χ1n) is 11.5. The molecule has 2 saturated heterocycles. The Hall–Kier alpha value is -2.78. The molecule has 4 rings (SSSR count). The predicted octanol–water partition coefficient (Wildman–Crippen LogP) is 3.14. The lowest BCUT2D eigenvalue weighted by Gasteiger charge is -2.26. The third-order valence-electron chi connectivity index (χ3n) is 6.21. The SMILES string of the molecule is CC(C)CN1C(=O)CN(Cc2ccc(-c3ccc(F)c(CN4CCS(=O)(=O)CC4)c3)cc2)C1=O. The van der Waals surface area contributed by atoms with E-state index < -0.39 is 9.84 Å². The maximum atomic E-state index is 14.4. The molecule has 3 amide bonds. The van der Waals surface area contributed by atoms with Crippen LogP contribution < -0.4 is 0 Å². The van der Waals surface area contributed by atoms with E-state index in [0.29, 0.717) is 38.3 Å². The smallest absolute Gasteiger partial charge is 0.311 e. The number of rotatable bonds is 7. The summed E-state index contributed by atoms with van der Waals surface area (Å²) in [5.74, 6) is -0.0418. The third-order valence-corrected chi connectivity index (χ3v) is 7.82. The molecular formula is C25H30FN3O4S. The van der Waals surface area contributed by atoms with Crippen molar-refractivity contribution in [2.45, 2.75) is 26.9 Å². The average Bonchev–Trinajstić information content (AvgIpc) is 3.04. The van der Waals surface area contributed by atoms with Gasteiger partial charge < -0.3 is 4.90 Å². The summed E-state index contributed by atoms with van der Waals surface area (Å²) in [7, 11) is -2.98. The average molecular weight is 488 g/mol. The Morgan fingerprint density at radius 3 is 2.24 bits per heavy atom. The molecule has 0 spiro atoms. The first-order chi connectivity index (χ1) is 16.1. The molecule has 2 fully saturated rings. The van der Waals surface area contributed by atoms with Gasteiger partial charge in [0.2, 0.25) is 5.91 Å². The zero-order valence-electron chi connectivity index (χ0n) is 19.5. The van der Waals surface area contributed by atoms with Crippen LogP contribution in [0.1, 0.15) is 25.0 Å². The van der Waals surface area contributed by atoms with Crippen molar-refractivity contribution in [3.8, 4) is 11.1 Å². The standard InChI is InChI=1S/C25H30FN3O4S/c1-18(2)14-29-24(30)17-28(25(29)31)15-19-3-5-20(6-4-19)21-7-8-23(26)22(13-21)16-27-9-11-34(32,33)12-10-27/h3-8,13,18H,9-12,14-17H2,1-2H3. The van der Waals surface area contributed by atoms with Gasteiger partial charge in [-0.05, 0) is 34.7 Å². The maximum Gasteiger partial charge on any atom is 0.327 e. The van der Waals surface area contributed by atoms with E-state index in [-0.39, 0.29) is 41.7 Å². The third kappa shape index (κ3) is 5.64. The van der Waals surface area contributed by atoms with Gasteiger partial charge in [0.05, 0.1) is 11.5 Å². The monoisotopic (exact) mass is 487 g/mol. The Labute approximate surface area is 200 Å². The van der Waals surface area contributed by atoms with E-state index in [2.05, 4.69) is 0 Å². The van der Waals surface area contributed by atoms with E-state index in [1.807, 2.05) is 43.0 Å². The van der Waals surface area contributed by atoms with Crippen molar-refractivity contribution in [3.05, 3.63) is 59.4 Å². The molecule has 2 heterocycles. The van der Waals surface area contributed by atoms with Gasteiger partial charge in [-0.1, -0.05) is 44.2 Å². The van der Waals surface area contributed by atoms with Crippen LogP contribution in [-0.2, 0) is 27.7 Å². The van der Waals surface area contributed by atoms with E-state index in [1.54, 1.807) is 17.0 Å². The van der Waals surface area contributed by atoms with Crippen LogP contribution in [-0.4, -0.2) is 72.7 Å². The van der Waals surface area contributed by atoms with Gasteiger partial charge in [0.15, 0.2) is 9.84 Å². The Balaban J connectivity index is 1.42. The molecule has 182 valence electrons. The number of imide groups is 1. The summed E-state index contributed by atoms with van der Waals surface area (Å²) in [6.45, 7) is 6.00. The van der Waals surface area contributed by atoms with Gasteiger partial charge in [-0.15, -0.1) is 0 Å². The van der Waals surface area contributed by atoms with Crippen LogP contribution in [0.5, 0.6) is 0 Å². The molecule has 0 radical (unpaired) electrons. The van der Waals surface area contributed by atoms with Crippen molar-refractivity contribution in [1.82, 2.24) is 14.7 Å². The number of nitrogens with zero attached hydrogens (tertiary/aromatic N) is 3. The van der Waals surface area contributed by atoms with E-state index in [4.69, 9.17) is 0 Å². The lowest BCUT2D eigenvalue weighted by atomic mass is 10.0. The molecule has 7 nitrogen and oxygen atoms in total. The lowest BCUT2D eigenvalue weighted by molar-refractivity contribution is -0.125. The van der Waals surface area contributed by atoms with E-state index in [0.717, 1.165) is 16.7 Å². The van der Waals surface area contributed by atoms with Crippen molar-refractivity contribution < 1.29 is 22.4 Å². The van der Waals surface area contributed by atoms with Gasteiger partial charge >= 0.3 is 6.03 Å². The van der Waals surface area contributed by atoms with E-state index in [1.165, 1.54) is 11.0 Å². The maximum absolute atomic E-state index is 14.4. The fourth-order valence-corrected chi connectivity index (χ4v) is 5.59. The molecule has 0 aliphatic carbocycles. The van der Waals surface area contributed by atoms with Gasteiger partial charge in [-0.25, -0.2) is 17.6 Å². The molecular weight excluding hydrogens is 457 g/mol. The van der Waals surface area contributed by atoms with Crippen molar-refractivity contribution >= 4 is 21.8 Å². The van der Waals surface area contributed by atoms with Crippen molar-refractivity contribution in [2.24, 2.45) is 5.92 Å². The number of urea groups is 1. The molecule has 2 aromatic carbocycles. The number of benzene rings is 2. The Morgan fingerprint density at radius 1 is 0.941 bits per heavy atom. The Kier molecular flexibility index (Phi) is 7.04. The summed E-state index contributed by atoms with van der Waals surface area (Å²) < 4.78 is 37.7. The van der Waals surface area contributed by atoms with E-state index in [9.17, 15) is 22.4 Å². The minimum atomic E-state index is -2.98. The minimum absolute atomic E-state index is 0.0897. The summed E-state index contributed by atoms with van der Waals surface area (Å²) >= 11 is 0. The summed E-state index contributed by atoms with van der Waals surface area (Å²) in [4.78, 5) is 29.6. The molecule has 0 bridgehead atoms. The molecule has 2 aliphatic rings. The van der Waals surface area contributed by atoms with Gasteiger partial charge in [0.25, 0.3) is 0 Å². The van der Waals surface area contributed by atoms with Crippen LogP contribution in [0.25, 0.3) is 11.1 Å². The van der Waals surface area contributed by atoms with Crippen molar-refractivity contribution in [2.75, 3.05) is 37.7 Å². The number of sulfone groups is 1. The largest absolute Gasteiger partial charge is 0.327 e.